The lowest BCUT2D eigenvalue weighted by Gasteiger charge is -2.19. The van der Waals surface area contributed by atoms with E-state index in [9.17, 15) is 13.2 Å². The number of nitrogens with two attached hydrogens (primary N) is 1. The van der Waals surface area contributed by atoms with Gasteiger partial charge in [0.05, 0.1) is 17.5 Å². The van der Waals surface area contributed by atoms with Crippen LogP contribution in [0.1, 0.15) is 17.2 Å². The van der Waals surface area contributed by atoms with Gasteiger partial charge in [-0.25, -0.2) is 13.6 Å². The molecule has 3 aromatic rings. The van der Waals surface area contributed by atoms with Gasteiger partial charge >= 0.3 is 0 Å². The van der Waals surface area contributed by atoms with E-state index in [1.165, 1.54) is 18.2 Å². The van der Waals surface area contributed by atoms with Crippen LogP contribution in [0.4, 0.5) is 5.69 Å². The van der Waals surface area contributed by atoms with Gasteiger partial charge in [0, 0.05) is 5.69 Å². The first kappa shape index (κ1) is 19.8. The van der Waals surface area contributed by atoms with Gasteiger partial charge < -0.3 is 5.32 Å². The highest BCUT2D eigenvalue weighted by atomic mass is 32.2. The molecule has 7 heteroatoms. The van der Waals surface area contributed by atoms with Crippen molar-refractivity contribution < 1.29 is 13.2 Å². The van der Waals surface area contributed by atoms with Crippen LogP contribution in [0.5, 0.6) is 0 Å². The second-order valence-corrected chi connectivity index (χ2v) is 7.82. The van der Waals surface area contributed by atoms with Crippen molar-refractivity contribution in [2.24, 2.45) is 5.14 Å². The van der Waals surface area contributed by atoms with Gasteiger partial charge in [-0.05, 0) is 29.3 Å². The first-order valence-corrected chi connectivity index (χ1v) is 10.2. The molecular weight excluding hydrogens is 374 g/mol. The normalized spacial score (nSPS) is 11.4. The fourth-order valence-corrected chi connectivity index (χ4v) is 3.43. The largest absolute Gasteiger partial charge is 0.325 e. The number of primary sulfonamides is 1. The SMILES string of the molecule is NS(=O)(=O)c1cccc(NC(=O)CNC(c2ccccc2)c2ccccc2)c1. The average Bonchev–Trinajstić information content (AvgIpc) is 2.69. The molecule has 1 amide bonds. The van der Waals surface area contributed by atoms with Crippen LogP contribution in [0.25, 0.3) is 0 Å². The molecule has 0 aliphatic carbocycles. The lowest BCUT2D eigenvalue weighted by Crippen LogP contribution is -2.32. The number of anilines is 1. The topological polar surface area (TPSA) is 101 Å². The van der Waals surface area contributed by atoms with Gasteiger partial charge in [-0.3, -0.25) is 10.1 Å². The third-order valence-electron chi connectivity index (χ3n) is 4.18. The summed E-state index contributed by atoms with van der Waals surface area (Å²) in [6.07, 6.45) is 0. The predicted molar refractivity (Wildman–Crippen MR) is 109 cm³/mol. The Morgan fingerprint density at radius 2 is 1.43 bits per heavy atom. The first-order chi connectivity index (χ1) is 13.4. The van der Waals surface area contributed by atoms with E-state index in [0.29, 0.717) is 5.69 Å². The highest BCUT2D eigenvalue weighted by Gasteiger charge is 2.15. The van der Waals surface area contributed by atoms with Crippen molar-refractivity contribution in [3.63, 3.8) is 0 Å². The molecule has 0 aliphatic heterocycles. The Kier molecular flexibility index (Phi) is 6.20. The minimum atomic E-state index is -3.83. The van der Waals surface area contributed by atoms with Crippen LogP contribution < -0.4 is 15.8 Å². The standard InChI is InChI=1S/C21H21N3O3S/c22-28(26,27)19-13-7-12-18(14-19)24-20(25)15-23-21(16-8-3-1-4-9-16)17-10-5-2-6-11-17/h1-14,21,23H,15H2,(H,24,25)(H2,22,26,27). The molecule has 3 aromatic carbocycles. The molecule has 6 nitrogen and oxygen atoms in total. The van der Waals surface area contributed by atoms with Crippen molar-refractivity contribution in [3.8, 4) is 0 Å². The van der Waals surface area contributed by atoms with Crippen molar-refractivity contribution in [1.29, 1.82) is 0 Å². The van der Waals surface area contributed by atoms with Gasteiger partial charge in [0.25, 0.3) is 0 Å². The molecule has 0 fully saturated rings. The number of carbonyl (C=O) groups excluding carboxylic acids is 1. The van der Waals surface area contributed by atoms with Crippen LogP contribution in [0.15, 0.2) is 89.8 Å². The number of hydrogen-bond donors (Lipinski definition) is 3. The first-order valence-electron chi connectivity index (χ1n) is 8.69. The number of amides is 1. The number of nitrogens with one attached hydrogen (secondary N) is 2. The van der Waals surface area contributed by atoms with Crippen molar-refractivity contribution in [2.45, 2.75) is 10.9 Å². The van der Waals surface area contributed by atoms with E-state index >= 15 is 0 Å². The Hall–Kier alpha value is -3.00. The second-order valence-electron chi connectivity index (χ2n) is 6.26. The van der Waals surface area contributed by atoms with E-state index < -0.39 is 10.0 Å². The maximum Gasteiger partial charge on any atom is 0.238 e. The summed E-state index contributed by atoms with van der Waals surface area (Å²) in [4.78, 5) is 12.3. The van der Waals surface area contributed by atoms with Crippen LogP contribution in [-0.2, 0) is 14.8 Å². The molecule has 0 heterocycles. The third-order valence-corrected chi connectivity index (χ3v) is 5.09. The summed E-state index contributed by atoms with van der Waals surface area (Å²) in [6.45, 7) is 0.0497. The van der Waals surface area contributed by atoms with E-state index in [1.807, 2.05) is 60.7 Å². The van der Waals surface area contributed by atoms with Gasteiger partial charge in [-0.15, -0.1) is 0 Å². The van der Waals surface area contributed by atoms with Crippen LogP contribution in [0.2, 0.25) is 0 Å². The minimum absolute atomic E-state index is 0.0497. The minimum Gasteiger partial charge on any atom is -0.325 e. The molecule has 28 heavy (non-hydrogen) atoms. The molecule has 0 aliphatic rings. The van der Waals surface area contributed by atoms with Crippen molar-refractivity contribution in [1.82, 2.24) is 5.32 Å². The molecule has 3 rings (SSSR count). The Morgan fingerprint density at radius 3 is 1.96 bits per heavy atom. The fourth-order valence-electron chi connectivity index (χ4n) is 2.87. The molecule has 0 radical (unpaired) electrons. The summed E-state index contributed by atoms with van der Waals surface area (Å²) in [5.41, 5.74) is 2.45. The smallest absolute Gasteiger partial charge is 0.238 e. The molecule has 0 unspecified atom stereocenters. The van der Waals surface area contributed by atoms with Gasteiger partial charge in [0.2, 0.25) is 15.9 Å². The summed E-state index contributed by atoms with van der Waals surface area (Å²) in [7, 11) is -3.83. The van der Waals surface area contributed by atoms with E-state index in [4.69, 9.17) is 5.14 Å². The molecule has 0 spiro atoms. The van der Waals surface area contributed by atoms with Crippen molar-refractivity contribution in [3.05, 3.63) is 96.1 Å². The molecule has 0 aromatic heterocycles. The Bertz CT molecular complexity index is 999. The summed E-state index contributed by atoms with van der Waals surface area (Å²) in [6, 6.07) is 25.4. The number of hydrogen-bond acceptors (Lipinski definition) is 4. The lowest BCUT2D eigenvalue weighted by molar-refractivity contribution is -0.115. The molecule has 0 atom stereocenters. The number of sulfonamides is 1. The summed E-state index contributed by atoms with van der Waals surface area (Å²) in [5.74, 6) is -0.288. The quantitative estimate of drug-likeness (QED) is 0.572. The Balaban J connectivity index is 1.71. The highest BCUT2D eigenvalue weighted by Crippen LogP contribution is 2.21. The predicted octanol–water partition coefficient (Wildman–Crippen LogP) is 2.65. The molecule has 0 saturated carbocycles. The second kappa shape index (κ2) is 8.79. The fraction of sp³-hybridized carbons (Fsp3) is 0.0952. The zero-order valence-corrected chi connectivity index (χ0v) is 15.9. The van der Waals surface area contributed by atoms with E-state index in [1.54, 1.807) is 6.07 Å². The lowest BCUT2D eigenvalue weighted by atomic mass is 9.99. The van der Waals surface area contributed by atoms with Crippen LogP contribution >= 0.6 is 0 Å². The van der Waals surface area contributed by atoms with Gasteiger partial charge in [0.1, 0.15) is 0 Å². The van der Waals surface area contributed by atoms with Gasteiger partial charge in [-0.2, -0.15) is 0 Å². The Labute approximate surface area is 164 Å². The maximum absolute atomic E-state index is 12.4. The molecule has 0 saturated heterocycles. The highest BCUT2D eigenvalue weighted by molar-refractivity contribution is 7.89. The number of benzene rings is 3. The van der Waals surface area contributed by atoms with E-state index in [-0.39, 0.29) is 23.4 Å². The van der Waals surface area contributed by atoms with Crippen molar-refractivity contribution >= 4 is 21.6 Å². The third kappa shape index (κ3) is 5.26. The molecule has 144 valence electrons. The summed E-state index contributed by atoms with van der Waals surface area (Å²) < 4.78 is 22.9. The van der Waals surface area contributed by atoms with Crippen LogP contribution in [0.3, 0.4) is 0 Å². The average molecular weight is 395 g/mol. The van der Waals surface area contributed by atoms with Crippen LogP contribution in [-0.4, -0.2) is 20.9 Å². The zero-order chi connectivity index (χ0) is 20.0. The summed E-state index contributed by atoms with van der Waals surface area (Å²) >= 11 is 0. The monoisotopic (exact) mass is 395 g/mol. The van der Waals surface area contributed by atoms with Gasteiger partial charge in [0.15, 0.2) is 0 Å². The van der Waals surface area contributed by atoms with Crippen molar-refractivity contribution in [2.75, 3.05) is 11.9 Å². The van der Waals surface area contributed by atoms with Crippen LogP contribution in [0, 0.1) is 0 Å². The molecule has 0 bridgehead atoms. The zero-order valence-electron chi connectivity index (χ0n) is 15.1. The van der Waals surface area contributed by atoms with Gasteiger partial charge in [-0.1, -0.05) is 66.7 Å². The van der Waals surface area contributed by atoms with E-state index in [0.717, 1.165) is 11.1 Å². The Morgan fingerprint density at radius 1 is 0.857 bits per heavy atom. The summed E-state index contributed by atoms with van der Waals surface area (Å²) in [5, 5.41) is 11.1. The number of carbonyl (C=O) groups is 1. The van der Waals surface area contributed by atoms with E-state index in [2.05, 4.69) is 10.6 Å². The molecule has 4 N–H and O–H groups in total. The maximum atomic E-state index is 12.4. The number of rotatable bonds is 7. The molecular formula is C21H21N3O3S.